The van der Waals surface area contributed by atoms with Gasteiger partial charge < -0.3 is 19.5 Å². The third kappa shape index (κ3) is 3.46. The molecule has 3 rings (SSSR count). The Morgan fingerprint density at radius 1 is 1.50 bits per heavy atom. The molecule has 2 aromatic rings. The van der Waals surface area contributed by atoms with Crippen molar-refractivity contribution in [2.45, 2.75) is 19.4 Å². The lowest BCUT2D eigenvalue weighted by Crippen LogP contribution is -2.46. The van der Waals surface area contributed by atoms with Crippen LogP contribution in [0, 0.1) is 6.92 Å². The van der Waals surface area contributed by atoms with Crippen LogP contribution < -0.4 is 5.32 Å². The number of ether oxygens (including phenoxy) is 1. The van der Waals surface area contributed by atoms with Gasteiger partial charge in [-0.25, -0.2) is 0 Å². The Hall–Kier alpha value is -2.67. The quantitative estimate of drug-likeness (QED) is 0.866. The van der Waals surface area contributed by atoms with Gasteiger partial charge in [-0.15, -0.1) is 0 Å². The lowest BCUT2D eigenvalue weighted by atomic mass is 10.1. The topological polar surface area (TPSA) is 84.7 Å². The highest BCUT2D eigenvalue weighted by Gasteiger charge is 2.24. The number of carbonyl (C=O) groups excluding carboxylic acids is 2. The van der Waals surface area contributed by atoms with Crippen molar-refractivity contribution in [2.75, 3.05) is 25.0 Å². The van der Waals surface area contributed by atoms with E-state index in [4.69, 9.17) is 9.26 Å². The number of nitrogens with zero attached hydrogens (tertiary/aromatic N) is 2. The summed E-state index contributed by atoms with van der Waals surface area (Å²) in [4.78, 5) is 25.5. The van der Waals surface area contributed by atoms with Crippen LogP contribution in [0.2, 0.25) is 0 Å². The van der Waals surface area contributed by atoms with Crippen LogP contribution in [0.15, 0.2) is 35.4 Å². The number of benzene rings is 1. The standard InChI is InChI=1S/C17H19N3O4/c1-3-17(22)20-6-7-23-13(10-20)9-16(21)18-12-4-5-15-14(8-12)11(2)19-24-15/h3-5,8,13H,1,6-7,9-10H2,2H3,(H,18,21)/t13-/m0/s1. The molecule has 7 heteroatoms. The van der Waals surface area contributed by atoms with E-state index in [-0.39, 0.29) is 24.3 Å². The largest absolute Gasteiger partial charge is 0.374 e. The van der Waals surface area contributed by atoms with Crippen LogP contribution in [0.4, 0.5) is 5.69 Å². The predicted octanol–water partition coefficient (Wildman–Crippen LogP) is 1.88. The number of rotatable bonds is 4. The molecule has 7 nitrogen and oxygen atoms in total. The minimum absolute atomic E-state index is 0.142. The summed E-state index contributed by atoms with van der Waals surface area (Å²) in [5, 5.41) is 7.60. The second kappa shape index (κ2) is 6.84. The smallest absolute Gasteiger partial charge is 0.246 e. The molecule has 1 aromatic heterocycles. The Morgan fingerprint density at radius 2 is 2.33 bits per heavy atom. The van der Waals surface area contributed by atoms with Crippen LogP contribution in [-0.4, -0.2) is 47.7 Å². The Morgan fingerprint density at radius 3 is 3.12 bits per heavy atom. The van der Waals surface area contributed by atoms with Crippen LogP contribution in [0.5, 0.6) is 0 Å². The minimum atomic E-state index is -0.316. The van der Waals surface area contributed by atoms with Crippen molar-refractivity contribution in [3.05, 3.63) is 36.5 Å². The van der Waals surface area contributed by atoms with E-state index in [2.05, 4.69) is 17.1 Å². The van der Waals surface area contributed by atoms with E-state index in [1.54, 1.807) is 17.0 Å². The van der Waals surface area contributed by atoms with Gasteiger partial charge in [0.25, 0.3) is 0 Å². The molecule has 0 radical (unpaired) electrons. The first-order valence-electron chi connectivity index (χ1n) is 7.75. The van der Waals surface area contributed by atoms with E-state index in [0.29, 0.717) is 31.0 Å². The Balaban J connectivity index is 1.61. The summed E-state index contributed by atoms with van der Waals surface area (Å²) < 4.78 is 10.7. The fraction of sp³-hybridized carbons (Fsp3) is 0.353. The van der Waals surface area contributed by atoms with Gasteiger partial charge in [-0.3, -0.25) is 9.59 Å². The molecule has 1 aliphatic heterocycles. The van der Waals surface area contributed by atoms with Crippen LogP contribution >= 0.6 is 0 Å². The van der Waals surface area contributed by atoms with Gasteiger partial charge in [0.05, 0.1) is 24.8 Å². The molecule has 0 spiro atoms. The van der Waals surface area contributed by atoms with Gasteiger partial charge in [-0.05, 0) is 31.2 Å². The van der Waals surface area contributed by atoms with Gasteiger partial charge in [-0.1, -0.05) is 11.7 Å². The number of hydrogen-bond acceptors (Lipinski definition) is 5. The monoisotopic (exact) mass is 329 g/mol. The van der Waals surface area contributed by atoms with Crippen molar-refractivity contribution in [1.29, 1.82) is 0 Å². The van der Waals surface area contributed by atoms with E-state index < -0.39 is 0 Å². The number of aryl methyl sites for hydroxylation is 1. The number of aromatic nitrogens is 1. The highest BCUT2D eigenvalue weighted by atomic mass is 16.5. The molecule has 1 saturated heterocycles. The van der Waals surface area contributed by atoms with Gasteiger partial charge in [0.15, 0.2) is 5.58 Å². The number of fused-ring (bicyclic) bond motifs is 1. The maximum atomic E-state index is 12.2. The predicted molar refractivity (Wildman–Crippen MR) is 88.5 cm³/mol. The zero-order valence-corrected chi connectivity index (χ0v) is 13.4. The molecule has 0 bridgehead atoms. The summed E-state index contributed by atoms with van der Waals surface area (Å²) in [6.07, 6.45) is 1.14. The molecule has 2 amide bonds. The van der Waals surface area contributed by atoms with E-state index in [1.807, 2.05) is 13.0 Å². The fourth-order valence-electron chi connectivity index (χ4n) is 2.73. The molecular weight excluding hydrogens is 310 g/mol. The number of carbonyl (C=O) groups is 2. The normalized spacial score (nSPS) is 17.7. The molecule has 1 aliphatic rings. The first-order valence-corrected chi connectivity index (χ1v) is 7.75. The minimum Gasteiger partial charge on any atom is -0.374 e. The second-order valence-corrected chi connectivity index (χ2v) is 5.71. The molecular formula is C17H19N3O4. The van der Waals surface area contributed by atoms with Gasteiger partial charge in [0.1, 0.15) is 0 Å². The summed E-state index contributed by atoms with van der Waals surface area (Å²) >= 11 is 0. The van der Waals surface area contributed by atoms with Crippen molar-refractivity contribution in [3.63, 3.8) is 0 Å². The van der Waals surface area contributed by atoms with Gasteiger partial charge in [0, 0.05) is 24.2 Å². The van der Waals surface area contributed by atoms with Crippen molar-refractivity contribution >= 4 is 28.5 Å². The van der Waals surface area contributed by atoms with Crippen LogP contribution in [-0.2, 0) is 14.3 Å². The van der Waals surface area contributed by atoms with Crippen LogP contribution in [0.1, 0.15) is 12.1 Å². The maximum absolute atomic E-state index is 12.2. The third-order valence-electron chi connectivity index (χ3n) is 3.97. The SMILES string of the molecule is C=CC(=O)N1CCO[C@@H](CC(=O)Nc2ccc3onc(C)c3c2)C1. The molecule has 0 aliphatic carbocycles. The number of anilines is 1. The Bertz CT molecular complexity index is 783. The molecule has 1 fully saturated rings. The van der Waals surface area contributed by atoms with E-state index in [9.17, 15) is 9.59 Å². The lowest BCUT2D eigenvalue weighted by molar-refractivity contribution is -0.136. The first-order chi connectivity index (χ1) is 11.6. The second-order valence-electron chi connectivity index (χ2n) is 5.71. The highest BCUT2D eigenvalue weighted by molar-refractivity contribution is 5.94. The van der Waals surface area contributed by atoms with Crippen molar-refractivity contribution in [2.24, 2.45) is 0 Å². The lowest BCUT2D eigenvalue weighted by Gasteiger charge is -2.32. The maximum Gasteiger partial charge on any atom is 0.246 e. The van der Waals surface area contributed by atoms with E-state index in [1.165, 1.54) is 6.08 Å². The Kier molecular flexibility index (Phi) is 4.61. The van der Waals surface area contributed by atoms with Crippen molar-refractivity contribution in [3.8, 4) is 0 Å². The number of amides is 2. The zero-order valence-electron chi connectivity index (χ0n) is 13.4. The summed E-state index contributed by atoms with van der Waals surface area (Å²) in [6, 6.07) is 5.36. The first kappa shape index (κ1) is 16.2. The molecule has 0 unspecified atom stereocenters. The van der Waals surface area contributed by atoms with Crippen molar-refractivity contribution in [1.82, 2.24) is 10.1 Å². The average molecular weight is 329 g/mol. The summed E-state index contributed by atoms with van der Waals surface area (Å²) in [5.74, 6) is -0.307. The average Bonchev–Trinajstić information content (AvgIpc) is 2.95. The number of hydrogen-bond donors (Lipinski definition) is 1. The summed E-state index contributed by atoms with van der Waals surface area (Å²) in [7, 11) is 0. The molecule has 1 atom stereocenters. The van der Waals surface area contributed by atoms with E-state index >= 15 is 0 Å². The van der Waals surface area contributed by atoms with Crippen molar-refractivity contribution < 1.29 is 18.8 Å². The fourth-order valence-corrected chi connectivity index (χ4v) is 2.73. The molecule has 2 heterocycles. The van der Waals surface area contributed by atoms with Crippen LogP contribution in [0.25, 0.3) is 11.0 Å². The van der Waals surface area contributed by atoms with Gasteiger partial charge in [-0.2, -0.15) is 0 Å². The van der Waals surface area contributed by atoms with Gasteiger partial charge >= 0.3 is 0 Å². The molecule has 1 aromatic carbocycles. The number of morpholine rings is 1. The third-order valence-corrected chi connectivity index (χ3v) is 3.97. The molecule has 1 N–H and O–H groups in total. The van der Waals surface area contributed by atoms with Gasteiger partial charge in [0.2, 0.25) is 11.8 Å². The molecule has 24 heavy (non-hydrogen) atoms. The Labute approximate surface area is 139 Å². The zero-order chi connectivity index (χ0) is 17.1. The molecule has 0 saturated carbocycles. The summed E-state index contributed by atoms with van der Waals surface area (Å²) in [5.41, 5.74) is 2.13. The number of nitrogens with one attached hydrogen (secondary N) is 1. The van der Waals surface area contributed by atoms with E-state index in [0.717, 1.165) is 11.1 Å². The highest BCUT2D eigenvalue weighted by Crippen LogP contribution is 2.22. The van der Waals surface area contributed by atoms with Crippen LogP contribution in [0.3, 0.4) is 0 Å². The molecule has 126 valence electrons. The summed E-state index contributed by atoms with van der Waals surface area (Å²) in [6.45, 7) is 6.66.